The van der Waals surface area contributed by atoms with Crippen LogP contribution in [0, 0.1) is 6.92 Å². The van der Waals surface area contributed by atoms with Gasteiger partial charge in [0.25, 0.3) is 0 Å². The van der Waals surface area contributed by atoms with Gasteiger partial charge in [-0.3, -0.25) is 4.79 Å². The third kappa shape index (κ3) is 4.36. The van der Waals surface area contributed by atoms with E-state index in [4.69, 9.17) is 14.7 Å². The van der Waals surface area contributed by atoms with Gasteiger partial charge in [0.15, 0.2) is 5.82 Å². The van der Waals surface area contributed by atoms with Gasteiger partial charge in [0, 0.05) is 17.7 Å². The largest absolute Gasteiger partial charge is 0.438 e. The number of carbonyl (C=O) groups excluding carboxylic acids is 1. The Balaban J connectivity index is 1.46. The average molecular weight is 440 g/mol. The van der Waals surface area contributed by atoms with Gasteiger partial charge in [-0.05, 0) is 30.7 Å². The van der Waals surface area contributed by atoms with E-state index in [0.717, 1.165) is 33.2 Å². The molecule has 5 nitrogen and oxygen atoms in total. The first-order valence-electron chi connectivity index (χ1n) is 10.4. The van der Waals surface area contributed by atoms with Crippen molar-refractivity contribution in [2.75, 3.05) is 11.1 Å². The number of aromatic nitrogens is 2. The molecule has 0 saturated heterocycles. The zero-order chi connectivity index (χ0) is 21.9. The molecule has 0 unspecified atom stereocenters. The fourth-order valence-electron chi connectivity index (χ4n) is 3.61. The molecule has 4 aromatic rings. The molecule has 6 heteroatoms. The highest BCUT2D eigenvalue weighted by molar-refractivity contribution is 8.00. The first kappa shape index (κ1) is 20.3. The summed E-state index contributed by atoms with van der Waals surface area (Å²) in [5.74, 6) is 2.13. The summed E-state index contributed by atoms with van der Waals surface area (Å²) >= 11 is 1.41. The van der Waals surface area contributed by atoms with E-state index in [1.165, 1.54) is 17.3 Å². The number of carbonyl (C=O) groups is 1. The number of hydrogen-bond acceptors (Lipinski definition) is 5. The van der Waals surface area contributed by atoms with Crippen LogP contribution < -0.4 is 10.1 Å². The van der Waals surface area contributed by atoms with Crippen LogP contribution in [0.2, 0.25) is 0 Å². The number of para-hydroxylation sites is 1. The van der Waals surface area contributed by atoms with Crippen molar-refractivity contribution in [1.29, 1.82) is 0 Å². The van der Waals surface area contributed by atoms with E-state index in [2.05, 4.69) is 18.3 Å². The molecule has 5 rings (SSSR count). The van der Waals surface area contributed by atoms with Crippen LogP contribution in [0.4, 0.5) is 5.69 Å². The predicted molar refractivity (Wildman–Crippen MR) is 127 cm³/mol. The van der Waals surface area contributed by atoms with Crippen LogP contribution >= 0.6 is 11.8 Å². The van der Waals surface area contributed by atoms with Crippen molar-refractivity contribution in [3.05, 3.63) is 95.6 Å². The molecule has 0 atom stereocenters. The molecule has 1 aliphatic heterocycles. The van der Waals surface area contributed by atoms with Gasteiger partial charge in [0.2, 0.25) is 11.8 Å². The van der Waals surface area contributed by atoms with E-state index < -0.39 is 0 Å². The summed E-state index contributed by atoms with van der Waals surface area (Å²) in [7, 11) is 0. The van der Waals surface area contributed by atoms with Gasteiger partial charge in [0.1, 0.15) is 10.8 Å². The van der Waals surface area contributed by atoms with Gasteiger partial charge >= 0.3 is 0 Å². The standard InChI is InChI=1S/C26H21N3O2S/c1-17-12-13-22-19(14-17)15-21-25(31-22)28-24(18-8-4-2-5-9-18)29-26(21)32-16-23(30)27-20-10-6-3-7-11-20/h2-14H,15-16H2,1H3,(H,27,30). The molecule has 0 saturated carbocycles. The maximum atomic E-state index is 12.5. The summed E-state index contributed by atoms with van der Waals surface area (Å²) in [5.41, 5.74) is 4.88. The second-order valence-corrected chi connectivity index (χ2v) is 8.56. The highest BCUT2D eigenvalue weighted by Gasteiger charge is 2.24. The number of fused-ring (bicyclic) bond motifs is 2. The van der Waals surface area contributed by atoms with E-state index >= 15 is 0 Å². The molecule has 0 bridgehead atoms. The number of hydrogen-bond donors (Lipinski definition) is 1. The minimum atomic E-state index is -0.0807. The van der Waals surface area contributed by atoms with E-state index in [1.54, 1.807) is 0 Å². The lowest BCUT2D eigenvalue weighted by atomic mass is 10.0. The van der Waals surface area contributed by atoms with Gasteiger partial charge in [-0.25, -0.2) is 4.98 Å². The number of amides is 1. The first-order chi connectivity index (χ1) is 15.7. The van der Waals surface area contributed by atoms with E-state index in [0.29, 0.717) is 18.1 Å². The zero-order valence-corrected chi connectivity index (χ0v) is 18.4. The number of aryl methyl sites for hydroxylation is 1. The quantitative estimate of drug-likeness (QED) is 0.274. The Labute approximate surface area is 190 Å². The molecule has 0 fully saturated rings. The first-order valence-corrected chi connectivity index (χ1v) is 11.4. The molecule has 1 aliphatic rings. The van der Waals surface area contributed by atoms with Crippen LogP contribution in [0.25, 0.3) is 11.4 Å². The molecule has 0 spiro atoms. The van der Waals surface area contributed by atoms with E-state index in [-0.39, 0.29) is 11.7 Å². The molecule has 1 amide bonds. The topological polar surface area (TPSA) is 64.1 Å². The molecule has 3 aromatic carbocycles. The lowest BCUT2D eigenvalue weighted by Crippen LogP contribution is -2.15. The second kappa shape index (κ2) is 8.85. The number of anilines is 1. The van der Waals surface area contributed by atoms with Crippen molar-refractivity contribution >= 4 is 23.4 Å². The molecular weight excluding hydrogens is 418 g/mol. The SMILES string of the molecule is Cc1ccc2c(c1)Cc1c(nc(-c3ccccc3)nc1SCC(=O)Nc1ccccc1)O2. The fraction of sp³-hybridized carbons (Fsp3) is 0.115. The minimum absolute atomic E-state index is 0.0807. The zero-order valence-electron chi connectivity index (χ0n) is 17.5. The number of ether oxygens (including phenoxy) is 1. The van der Waals surface area contributed by atoms with E-state index in [1.807, 2.05) is 72.8 Å². The molecule has 1 N–H and O–H groups in total. The molecule has 0 aliphatic carbocycles. The highest BCUT2D eigenvalue weighted by atomic mass is 32.2. The summed E-state index contributed by atoms with van der Waals surface area (Å²) in [6, 6.07) is 25.4. The van der Waals surface area contributed by atoms with Crippen LogP contribution in [-0.4, -0.2) is 21.6 Å². The maximum Gasteiger partial charge on any atom is 0.234 e. The summed E-state index contributed by atoms with van der Waals surface area (Å²) in [6.07, 6.45) is 0.671. The van der Waals surface area contributed by atoms with Gasteiger partial charge < -0.3 is 10.1 Å². The number of rotatable bonds is 5. The minimum Gasteiger partial charge on any atom is -0.438 e. The molecule has 32 heavy (non-hydrogen) atoms. The maximum absolute atomic E-state index is 12.5. The van der Waals surface area contributed by atoms with Crippen molar-refractivity contribution in [1.82, 2.24) is 9.97 Å². The second-order valence-electron chi connectivity index (χ2n) is 7.59. The van der Waals surface area contributed by atoms with Crippen LogP contribution in [0.3, 0.4) is 0 Å². The third-order valence-electron chi connectivity index (χ3n) is 5.15. The van der Waals surface area contributed by atoms with Crippen molar-refractivity contribution < 1.29 is 9.53 Å². The molecular formula is C26H21N3O2S. The Kier molecular flexibility index (Phi) is 5.60. The highest BCUT2D eigenvalue weighted by Crippen LogP contribution is 2.40. The van der Waals surface area contributed by atoms with Crippen LogP contribution in [0.15, 0.2) is 83.9 Å². The van der Waals surface area contributed by atoms with Crippen molar-refractivity contribution in [3.8, 4) is 23.0 Å². The van der Waals surface area contributed by atoms with Crippen molar-refractivity contribution in [3.63, 3.8) is 0 Å². The average Bonchev–Trinajstić information content (AvgIpc) is 2.82. The number of benzene rings is 3. The normalized spacial score (nSPS) is 11.8. The number of nitrogens with zero attached hydrogens (tertiary/aromatic N) is 2. The third-order valence-corrected chi connectivity index (χ3v) is 6.17. The van der Waals surface area contributed by atoms with Crippen LogP contribution in [0.5, 0.6) is 11.6 Å². The van der Waals surface area contributed by atoms with Crippen LogP contribution in [0.1, 0.15) is 16.7 Å². The number of nitrogens with one attached hydrogen (secondary N) is 1. The van der Waals surface area contributed by atoms with Crippen molar-refractivity contribution in [2.24, 2.45) is 0 Å². The summed E-state index contributed by atoms with van der Waals surface area (Å²) in [5, 5.41) is 3.70. The predicted octanol–water partition coefficient (Wildman–Crippen LogP) is 5.88. The van der Waals surface area contributed by atoms with Gasteiger partial charge in [-0.2, -0.15) is 4.98 Å². The Morgan fingerprint density at radius 1 is 1.00 bits per heavy atom. The van der Waals surface area contributed by atoms with Crippen LogP contribution in [-0.2, 0) is 11.2 Å². The van der Waals surface area contributed by atoms with E-state index in [9.17, 15) is 4.79 Å². The Bertz CT molecular complexity index is 1280. The fourth-order valence-corrected chi connectivity index (χ4v) is 4.43. The molecule has 2 heterocycles. The lowest BCUT2D eigenvalue weighted by molar-refractivity contribution is -0.113. The monoisotopic (exact) mass is 439 g/mol. The van der Waals surface area contributed by atoms with Gasteiger partial charge in [-0.1, -0.05) is 78.0 Å². The molecule has 0 radical (unpaired) electrons. The summed E-state index contributed by atoms with van der Waals surface area (Å²) in [4.78, 5) is 22.1. The Morgan fingerprint density at radius 2 is 1.75 bits per heavy atom. The lowest BCUT2D eigenvalue weighted by Gasteiger charge is -2.22. The molecule has 158 valence electrons. The number of thioether (sulfide) groups is 1. The Hall–Kier alpha value is -3.64. The summed E-state index contributed by atoms with van der Waals surface area (Å²) < 4.78 is 6.17. The van der Waals surface area contributed by atoms with Crippen molar-refractivity contribution in [2.45, 2.75) is 18.4 Å². The Morgan fingerprint density at radius 3 is 2.53 bits per heavy atom. The van der Waals surface area contributed by atoms with Gasteiger partial charge in [-0.15, -0.1) is 0 Å². The van der Waals surface area contributed by atoms with Gasteiger partial charge in [0.05, 0.1) is 11.3 Å². The summed E-state index contributed by atoms with van der Waals surface area (Å²) in [6.45, 7) is 2.06. The molecule has 1 aromatic heterocycles. The smallest absolute Gasteiger partial charge is 0.234 e.